The van der Waals surface area contributed by atoms with Crippen molar-refractivity contribution >= 4 is 22.5 Å². The Bertz CT molecular complexity index is 1170. The summed E-state index contributed by atoms with van der Waals surface area (Å²) in [5.41, 5.74) is 3.10. The largest absolute Gasteiger partial charge is 0.280 e. The minimum absolute atomic E-state index is 0.0856. The first kappa shape index (κ1) is 19.8. The van der Waals surface area contributed by atoms with Crippen LogP contribution in [-0.4, -0.2) is 20.5 Å². The molecule has 0 aliphatic heterocycles. The summed E-state index contributed by atoms with van der Waals surface area (Å²) in [7, 11) is 0. The van der Waals surface area contributed by atoms with Crippen LogP contribution in [0.4, 0.5) is 5.69 Å². The summed E-state index contributed by atoms with van der Waals surface area (Å²) in [6, 6.07) is 13.2. The van der Waals surface area contributed by atoms with Gasteiger partial charge in [0, 0.05) is 17.5 Å². The molecule has 1 heterocycles. The third-order valence-electron chi connectivity index (χ3n) is 5.55. The number of benzene rings is 2. The third kappa shape index (κ3) is 3.94. The Balaban J connectivity index is 1.70. The van der Waals surface area contributed by atoms with Crippen molar-refractivity contribution in [3.05, 3.63) is 80.4 Å². The maximum Gasteiger partial charge on any atom is 0.280 e. The standard InChI is InChI=1S/C22H22N4O4/c27-20(14-16-10-4-7-13-19(16)26(29)30)24-25-21(15-8-2-1-3-9-15)23-18-12-6-5-11-17(18)22(25)28/h4-7,10-13,15H,1-3,8-9,14H2,(H,24,27). The van der Waals surface area contributed by atoms with Crippen molar-refractivity contribution in [3.63, 3.8) is 0 Å². The molecule has 154 valence electrons. The lowest BCUT2D eigenvalue weighted by molar-refractivity contribution is -0.385. The highest BCUT2D eigenvalue weighted by atomic mass is 16.6. The number of fused-ring (bicyclic) bond motifs is 1. The maximum atomic E-state index is 13.2. The Kier molecular flexibility index (Phi) is 5.56. The summed E-state index contributed by atoms with van der Waals surface area (Å²) in [4.78, 5) is 41.3. The number of nitro groups is 1. The molecule has 1 aliphatic carbocycles. The van der Waals surface area contributed by atoms with Gasteiger partial charge in [-0.25, -0.2) is 9.66 Å². The van der Waals surface area contributed by atoms with E-state index in [4.69, 9.17) is 4.98 Å². The Morgan fingerprint density at radius 3 is 2.57 bits per heavy atom. The van der Waals surface area contributed by atoms with Crippen molar-refractivity contribution in [3.8, 4) is 0 Å². The smallest absolute Gasteiger partial charge is 0.273 e. The monoisotopic (exact) mass is 406 g/mol. The van der Waals surface area contributed by atoms with E-state index in [2.05, 4.69) is 5.43 Å². The van der Waals surface area contributed by atoms with Gasteiger partial charge in [0.2, 0.25) is 5.91 Å². The highest BCUT2D eigenvalue weighted by Crippen LogP contribution is 2.31. The van der Waals surface area contributed by atoms with Gasteiger partial charge >= 0.3 is 0 Å². The number of hydrogen-bond donors (Lipinski definition) is 1. The number of nitrogens with one attached hydrogen (secondary N) is 1. The van der Waals surface area contributed by atoms with Crippen molar-refractivity contribution < 1.29 is 9.72 Å². The fraction of sp³-hybridized carbons (Fsp3) is 0.318. The molecule has 3 aromatic rings. The third-order valence-corrected chi connectivity index (χ3v) is 5.55. The van der Waals surface area contributed by atoms with Gasteiger partial charge in [0.05, 0.1) is 22.2 Å². The Labute approximate surface area is 172 Å². The number of amides is 1. The van der Waals surface area contributed by atoms with E-state index in [0.717, 1.165) is 32.1 Å². The predicted molar refractivity (Wildman–Crippen MR) is 113 cm³/mol. The molecule has 1 amide bonds. The Morgan fingerprint density at radius 1 is 1.10 bits per heavy atom. The molecular weight excluding hydrogens is 384 g/mol. The number of carbonyl (C=O) groups excluding carboxylic acids is 1. The van der Waals surface area contributed by atoms with Crippen LogP contribution in [0.25, 0.3) is 10.9 Å². The number of nitrogens with zero attached hydrogens (tertiary/aromatic N) is 3. The van der Waals surface area contributed by atoms with E-state index in [-0.39, 0.29) is 23.6 Å². The first-order chi connectivity index (χ1) is 14.5. The van der Waals surface area contributed by atoms with Crippen LogP contribution in [0.2, 0.25) is 0 Å². The molecule has 8 nitrogen and oxygen atoms in total. The second-order valence-electron chi connectivity index (χ2n) is 7.56. The van der Waals surface area contributed by atoms with Gasteiger partial charge in [-0.3, -0.25) is 25.1 Å². The van der Waals surface area contributed by atoms with Crippen molar-refractivity contribution in [2.75, 3.05) is 5.43 Å². The molecule has 8 heteroatoms. The van der Waals surface area contributed by atoms with Crippen LogP contribution < -0.4 is 11.0 Å². The molecule has 1 N–H and O–H groups in total. The Hall–Kier alpha value is -3.55. The maximum absolute atomic E-state index is 13.2. The molecule has 30 heavy (non-hydrogen) atoms. The summed E-state index contributed by atoms with van der Waals surface area (Å²) in [5.74, 6) is 0.136. The summed E-state index contributed by atoms with van der Waals surface area (Å²) < 4.78 is 1.25. The molecule has 4 rings (SSSR count). The average Bonchev–Trinajstić information content (AvgIpc) is 2.76. The van der Waals surface area contributed by atoms with E-state index >= 15 is 0 Å². The normalized spacial score (nSPS) is 14.5. The number of aromatic nitrogens is 2. The second kappa shape index (κ2) is 8.44. The van der Waals surface area contributed by atoms with Crippen LogP contribution in [-0.2, 0) is 11.2 Å². The molecule has 1 saturated carbocycles. The zero-order valence-electron chi connectivity index (χ0n) is 16.4. The van der Waals surface area contributed by atoms with E-state index in [0.29, 0.717) is 22.3 Å². The van der Waals surface area contributed by atoms with E-state index in [1.165, 1.54) is 10.7 Å². The van der Waals surface area contributed by atoms with Crippen LogP contribution in [0.1, 0.15) is 49.4 Å². The molecule has 0 spiro atoms. The molecule has 0 radical (unpaired) electrons. The van der Waals surface area contributed by atoms with E-state index in [1.807, 2.05) is 6.07 Å². The van der Waals surface area contributed by atoms with Crippen molar-refractivity contribution in [1.82, 2.24) is 9.66 Å². The number of para-hydroxylation sites is 2. The van der Waals surface area contributed by atoms with E-state index < -0.39 is 10.8 Å². The summed E-state index contributed by atoms with van der Waals surface area (Å²) in [5, 5.41) is 11.7. The molecule has 1 aliphatic rings. The quantitative estimate of drug-likeness (QED) is 0.514. The van der Waals surface area contributed by atoms with Gasteiger partial charge in [0.15, 0.2) is 0 Å². The fourth-order valence-electron chi connectivity index (χ4n) is 4.07. The van der Waals surface area contributed by atoms with Gasteiger partial charge in [-0.2, -0.15) is 0 Å². The molecule has 0 unspecified atom stereocenters. The van der Waals surface area contributed by atoms with E-state index in [9.17, 15) is 19.7 Å². The fourth-order valence-corrected chi connectivity index (χ4v) is 4.07. The predicted octanol–water partition coefficient (Wildman–Crippen LogP) is 3.67. The highest BCUT2D eigenvalue weighted by molar-refractivity contribution is 5.87. The topological polar surface area (TPSA) is 107 Å². The highest BCUT2D eigenvalue weighted by Gasteiger charge is 2.24. The zero-order valence-corrected chi connectivity index (χ0v) is 16.4. The zero-order chi connectivity index (χ0) is 21.1. The molecule has 1 fully saturated rings. The van der Waals surface area contributed by atoms with Gasteiger partial charge in [0.25, 0.3) is 11.2 Å². The number of carbonyl (C=O) groups is 1. The molecule has 1 aromatic heterocycles. The Morgan fingerprint density at radius 2 is 1.80 bits per heavy atom. The molecule has 0 atom stereocenters. The number of hydrogen-bond acceptors (Lipinski definition) is 5. The SMILES string of the molecule is O=C(Cc1ccccc1[N+](=O)[O-])Nn1c(C2CCCCC2)nc2ccccc2c1=O. The van der Waals surface area contributed by atoms with Crippen LogP contribution in [0.15, 0.2) is 53.3 Å². The minimum Gasteiger partial charge on any atom is -0.273 e. The first-order valence-electron chi connectivity index (χ1n) is 10.1. The van der Waals surface area contributed by atoms with Gasteiger partial charge in [-0.15, -0.1) is 0 Å². The summed E-state index contributed by atoms with van der Waals surface area (Å²) in [6.07, 6.45) is 4.86. The first-order valence-corrected chi connectivity index (χ1v) is 10.1. The second-order valence-corrected chi connectivity index (χ2v) is 7.56. The molecule has 0 saturated heterocycles. The van der Waals surface area contributed by atoms with Crippen LogP contribution in [0, 0.1) is 10.1 Å². The molecular formula is C22H22N4O4. The lowest BCUT2D eigenvalue weighted by Gasteiger charge is -2.24. The van der Waals surface area contributed by atoms with E-state index in [1.54, 1.807) is 36.4 Å². The number of rotatable bonds is 5. The lowest BCUT2D eigenvalue weighted by Crippen LogP contribution is -2.38. The summed E-state index contributed by atoms with van der Waals surface area (Å²) >= 11 is 0. The minimum atomic E-state index is -0.514. The average molecular weight is 406 g/mol. The summed E-state index contributed by atoms with van der Waals surface area (Å²) in [6.45, 7) is 0. The van der Waals surface area contributed by atoms with Gasteiger partial charge in [-0.1, -0.05) is 49.6 Å². The number of nitro benzene ring substituents is 1. The van der Waals surface area contributed by atoms with Crippen molar-refractivity contribution in [2.45, 2.75) is 44.4 Å². The van der Waals surface area contributed by atoms with Gasteiger partial charge < -0.3 is 0 Å². The van der Waals surface area contributed by atoms with Gasteiger partial charge in [0.1, 0.15) is 5.82 Å². The van der Waals surface area contributed by atoms with Gasteiger partial charge in [-0.05, 0) is 25.0 Å². The molecule has 0 bridgehead atoms. The van der Waals surface area contributed by atoms with Crippen molar-refractivity contribution in [2.24, 2.45) is 0 Å². The van der Waals surface area contributed by atoms with Crippen LogP contribution in [0.3, 0.4) is 0 Å². The lowest BCUT2D eigenvalue weighted by atomic mass is 9.88. The van der Waals surface area contributed by atoms with Crippen LogP contribution >= 0.6 is 0 Å². The molecule has 2 aromatic carbocycles. The van der Waals surface area contributed by atoms with Crippen molar-refractivity contribution in [1.29, 1.82) is 0 Å². The van der Waals surface area contributed by atoms with Crippen LogP contribution in [0.5, 0.6) is 0 Å².